The molecule has 3 aliphatic heterocycles. The van der Waals surface area contributed by atoms with Crippen molar-refractivity contribution in [2.24, 2.45) is 11.7 Å². The van der Waals surface area contributed by atoms with Gasteiger partial charge in [-0.2, -0.15) is 0 Å². The highest BCUT2D eigenvalue weighted by Crippen LogP contribution is 2.35. The van der Waals surface area contributed by atoms with Crippen molar-refractivity contribution in [1.29, 1.82) is 0 Å². The van der Waals surface area contributed by atoms with Gasteiger partial charge in [0.05, 0.1) is 16.8 Å². The largest absolute Gasteiger partial charge is 0.449 e. The maximum atomic E-state index is 12.1. The Bertz CT molecular complexity index is 1150. The maximum Gasteiger partial charge on any atom is 0.341 e. The summed E-state index contributed by atoms with van der Waals surface area (Å²) in [6.07, 6.45) is 5.85. The molecule has 0 radical (unpaired) electrons. The molecule has 2 saturated heterocycles. The summed E-state index contributed by atoms with van der Waals surface area (Å²) in [5, 5.41) is 3.30. The van der Waals surface area contributed by atoms with Gasteiger partial charge in [0.25, 0.3) is 0 Å². The number of hydrogen-bond acceptors (Lipinski definition) is 8. The fourth-order valence-corrected chi connectivity index (χ4v) is 4.74. The summed E-state index contributed by atoms with van der Waals surface area (Å²) in [7, 11) is 0. The van der Waals surface area contributed by atoms with Crippen LogP contribution in [-0.4, -0.2) is 48.3 Å². The molecule has 8 heteroatoms. The molecule has 0 saturated carbocycles. The summed E-state index contributed by atoms with van der Waals surface area (Å²) >= 11 is 0. The van der Waals surface area contributed by atoms with E-state index in [1.807, 2.05) is 26.1 Å². The number of nitrogens with one attached hydrogen (secondary N) is 1. The highest BCUT2D eigenvalue weighted by Gasteiger charge is 2.39. The molecule has 0 aromatic carbocycles. The average Bonchev–Trinajstić information content (AvgIpc) is 3.06. The Kier molecular flexibility index (Phi) is 6.15. The average molecular weight is 462 g/mol. The van der Waals surface area contributed by atoms with Crippen LogP contribution in [0.25, 0.3) is 0 Å². The van der Waals surface area contributed by atoms with Gasteiger partial charge >= 0.3 is 5.97 Å². The van der Waals surface area contributed by atoms with Crippen molar-refractivity contribution in [2.75, 3.05) is 36.5 Å². The van der Waals surface area contributed by atoms with E-state index in [1.54, 1.807) is 12.1 Å². The lowest BCUT2D eigenvalue weighted by Gasteiger charge is -2.33. The molecule has 34 heavy (non-hydrogen) atoms. The van der Waals surface area contributed by atoms with Crippen molar-refractivity contribution in [1.82, 2.24) is 9.97 Å². The van der Waals surface area contributed by atoms with Crippen LogP contribution in [0.5, 0.6) is 0 Å². The van der Waals surface area contributed by atoms with Crippen LogP contribution in [0.1, 0.15) is 61.1 Å². The summed E-state index contributed by atoms with van der Waals surface area (Å²) in [4.78, 5) is 23.7. The lowest BCUT2D eigenvalue weighted by atomic mass is 10.00. The van der Waals surface area contributed by atoms with E-state index >= 15 is 0 Å². The fourth-order valence-electron chi connectivity index (χ4n) is 4.74. The Morgan fingerprint density at radius 1 is 1.21 bits per heavy atom. The number of anilines is 3. The van der Waals surface area contributed by atoms with E-state index in [2.05, 4.69) is 32.0 Å². The second-order valence-electron chi connectivity index (χ2n) is 9.71. The summed E-state index contributed by atoms with van der Waals surface area (Å²) in [5.74, 6) is 8.11. The van der Waals surface area contributed by atoms with Crippen LogP contribution >= 0.6 is 0 Å². The fraction of sp³-hybridized carbons (Fsp3) is 0.500. The first-order chi connectivity index (χ1) is 16.4. The van der Waals surface area contributed by atoms with Gasteiger partial charge in [0.1, 0.15) is 22.9 Å². The van der Waals surface area contributed by atoms with Crippen molar-refractivity contribution in [3.8, 4) is 11.8 Å². The predicted molar refractivity (Wildman–Crippen MR) is 130 cm³/mol. The minimum Gasteiger partial charge on any atom is -0.449 e. The molecule has 2 aromatic rings. The number of ether oxygens (including phenoxy) is 2. The Balaban J connectivity index is 1.44. The number of piperidine rings is 1. The van der Waals surface area contributed by atoms with Crippen molar-refractivity contribution in [3.05, 3.63) is 41.2 Å². The minimum absolute atomic E-state index is 0.146. The molecule has 1 atom stereocenters. The lowest BCUT2D eigenvalue weighted by molar-refractivity contribution is 0.00834. The molecule has 0 bridgehead atoms. The molecule has 0 spiro atoms. The zero-order valence-corrected chi connectivity index (χ0v) is 19.8. The second kappa shape index (κ2) is 9.24. The number of cyclic esters (lactones) is 1. The summed E-state index contributed by atoms with van der Waals surface area (Å²) in [6.45, 7) is 6.96. The number of pyridine rings is 2. The van der Waals surface area contributed by atoms with Gasteiger partial charge in [-0.1, -0.05) is 11.8 Å². The van der Waals surface area contributed by atoms with Crippen LogP contribution < -0.4 is 16.0 Å². The van der Waals surface area contributed by atoms with Gasteiger partial charge < -0.3 is 25.4 Å². The second-order valence-corrected chi connectivity index (χ2v) is 9.71. The number of esters is 1. The van der Waals surface area contributed by atoms with Gasteiger partial charge in [0, 0.05) is 50.5 Å². The highest BCUT2D eigenvalue weighted by molar-refractivity contribution is 5.94. The topological polar surface area (TPSA) is 103 Å². The molecular formula is C26H31N5O3. The number of carbonyl (C=O) groups excluding carboxylic acids is 1. The minimum atomic E-state index is -0.754. The lowest BCUT2D eigenvalue weighted by Crippen LogP contribution is -2.43. The van der Waals surface area contributed by atoms with Crippen LogP contribution in [0.4, 0.5) is 17.3 Å². The Morgan fingerprint density at radius 3 is 2.82 bits per heavy atom. The van der Waals surface area contributed by atoms with Crippen LogP contribution in [0.3, 0.4) is 0 Å². The number of nitrogens with two attached hydrogens (primary N) is 1. The highest BCUT2D eigenvalue weighted by atomic mass is 16.6. The Morgan fingerprint density at radius 2 is 2.03 bits per heavy atom. The molecule has 2 aromatic heterocycles. The van der Waals surface area contributed by atoms with Crippen LogP contribution in [0.15, 0.2) is 24.4 Å². The van der Waals surface area contributed by atoms with Crippen LogP contribution in [0, 0.1) is 17.8 Å². The molecule has 0 aliphatic carbocycles. The summed E-state index contributed by atoms with van der Waals surface area (Å²) in [6, 6.07) is 5.69. The first-order valence-corrected chi connectivity index (χ1v) is 12.0. The summed E-state index contributed by atoms with van der Waals surface area (Å²) < 4.78 is 10.9. The van der Waals surface area contributed by atoms with Crippen molar-refractivity contribution >= 4 is 23.3 Å². The Hall–Kier alpha value is -3.15. The molecule has 5 rings (SSSR count). The standard InChI is InChI=1S/C26H31N5O3/c1-26(2)24-20(25(32)34-26)7-8-22(30-24)29-23-14-21(31-11-3-4-19(27)16-31)18(15-28-23)6-5-17-9-12-33-13-10-17/h7-8,14-15,17,19H,3-4,9-13,16,27H2,1-2H3,(H,28,29,30)/t19-/m0/s1. The SMILES string of the molecule is CC1(C)OC(=O)c2ccc(Nc3cc(N4CCC[C@H](N)C4)c(C#CC4CCOCC4)cn3)nc21. The monoisotopic (exact) mass is 461 g/mol. The van der Waals surface area contributed by atoms with Gasteiger partial charge in [0.15, 0.2) is 0 Å². The number of aromatic nitrogens is 2. The van der Waals surface area contributed by atoms with E-state index in [9.17, 15) is 4.79 Å². The van der Waals surface area contributed by atoms with E-state index in [0.717, 1.165) is 63.2 Å². The van der Waals surface area contributed by atoms with E-state index in [1.165, 1.54) is 0 Å². The first kappa shape index (κ1) is 22.6. The molecule has 0 unspecified atom stereocenters. The molecule has 3 aliphatic rings. The summed E-state index contributed by atoms with van der Waals surface area (Å²) in [5.41, 5.74) is 8.61. The number of carbonyl (C=O) groups is 1. The first-order valence-electron chi connectivity index (χ1n) is 12.0. The number of hydrogen-bond donors (Lipinski definition) is 2. The van der Waals surface area contributed by atoms with Crippen molar-refractivity contribution < 1.29 is 14.3 Å². The van der Waals surface area contributed by atoms with Crippen molar-refractivity contribution in [3.63, 3.8) is 0 Å². The number of rotatable bonds is 3. The zero-order valence-electron chi connectivity index (χ0n) is 19.8. The molecular weight excluding hydrogens is 430 g/mol. The third-order valence-electron chi connectivity index (χ3n) is 6.60. The van der Waals surface area contributed by atoms with E-state index in [-0.39, 0.29) is 12.0 Å². The van der Waals surface area contributed by atoms with Gasteiger partial charge in [-0.05, 0) is 51.7 Å². The van der Waals surface area contributed by atoms with E-state index in [4.69, 9.17) is 15.2 Å². The molecule has 2 fully saturated rings. The smallest absolute Gasteiger partial charge is 0.341 e. The Labute approximate surface area is 200 Å². The quantitative estimate of drug-likeness (QED) is 0.530. The van der Waals surface area contributed by atoms with Gasteiger partial charge in [0.2, 0.25) is 0 Å². The number of fused-ring (bicyclic) bond motifs is 1. The van der Waals surface area contributed by atoms with E-state index < -0.39 is 5.60 Å². The van der Waals surface area contributed by atoms with Crippen molar-refractivity contribution in [2.45, 2.75) is 51.2 Å². The van der Waals surface area contributed by atoms with Crippen LogP contribution in [0.2, 0.25) is 0 Å². The van der Waals surface area contributed by atoms with Gasteiger partial charge in [-0.3, -0.25) is 0 Å². The van der Waals surface area contributed by atoms with Gasteiger partial charge in [-0.15, -0.1) is 0 Å². The molecule has 3 N–H and O–H groups in total. The third kappa shape index (κ3) is 4.72. The van der Waals surface area contributed by atoms with E-state index in [0.29, 0.717) is 28.8 Å². The van der Waals surface area contributed by atoms with Gasteiger partial charge in [-0.25, -0.2) is 14.8 Å². The molecule has 0 amide bonds. The maximum absolute atomic E-state index is 12.1. The molecule has 178 valence electrons. The normalized spacial score (nSPS) is 21.9. The number of nitrogens with zero attached hydrogens (tertiary/aromatic N) is 3. The molecule has 8 nitrogen and oxygen atoms in total. The predicted octanol–water partition coefficient (Wildman–Crippen LogP) is 3.33. The van der Waals surface area contributed by atoms with Crippen LogP contribution in [-0.2, 0) is 15.1 Å². The zero-order chi connectivity index (χ0) is 23.7. The third-order valence-corrected chi connectivity index (χ3v) is 6.60. The molecule has 5 heterocycles.